The molecule has 4 nitrogen and oxygen atoms in total. The number of hydrogen-bond acceptors (Lipinski definition) is 3. The van der Waals surface area contributed by atoms with Crippen molar-refractivity contribution in [2.75, 3.05) is 0 Å². The maximum atomic E-state index is 12.9. The van der Waals surface area contributed by atoms with Gasteiger partial charge in [0.2, 0.25) is 0 Å². The van der Waals surface area contributed by atoms with Gasteiger partial charge >= 0.3 is 0 Å². The van der Waals surface area contributed by atoms with Crippen LogP contribution in [0.1, 0.15) is 124 Å². The van der Waals surface area contributed by atoms with Gasteiger partial charge in [-0.1, -0.05) is 164 Å². The van der Waals surface area contributed by atoms with Crippen LogP contribution in [0, 0.1) is 6.07 Å². The first-order chi connectivity index (χ1) is 30.6. The Hall–Kier alpha value is -6.09. The van der Waals surface area contributed by atoms with Gasteiger partial charge in [0, 0.05) is 61.1 Å². The summed E-state index contributed by atoms with van der Waals surface area (Å²) in [5.74, 6) is 0.535. The molecule has 0 unspecified atom stereocenters. The number of imidazole rings is 1. The number of pyridine rings is 2. The molecule has 3 aromatic heterocycles. The van der Waals surface area contributed by atoms with Crippen molar-refractivity contribution in [1.29, 1.82) is 0 Å². The maximum absolute atomic E-state index is 12.9. The largest absolute Gasteiger partial charge is 0.507 e. The van der Waals surface area contributed by atoms with Crippen LogP contribution in [0.5, 0.6) is 5.75 Å². The van der Waals surface area contributed by atoms with Crippen molar-refractivity contribution in [2.24, 2.45) is 0 Å². The van der Waals surface area contributed by atoms with Gasteiger partial charge in [-0.15, -0.1) is 29.3 Å². The fourth-order valence-electron chi connectivity index (χ4n) is 11.3. The van der Waals surface area contributed by atoms with E-state index in [-0.39, 0.29) is 49.1 Å². The van der Waals surface area contributed by atoms with Crippen LogP contribution >= 0.6 is 0 Å². The quantitative estimate of drug-likeness (QED) is 0.139. The van der Waals surface area contributed by atoms with E-state index in [4.69, 9.17) is 9.97 Å². The second-order valence-electron chi connectivity index (χ2n) is 21.5. The Kier molecular flexibility index (Phi) is 9.09. The standard InChI is InChI=1S/C60H52N3O.Pt/c1-58(2,3)36-28-34(27-35(29-36)54-37-18-11-10-17-33(37)25-26-61-54)38-23-16-24-48-55(38)62-57-53-52(46(59(4,5)6)32-47(56(53)64)60(7,8)9)45-30-43-44(31-49(45)63(48)57)51-41-21-14-12-19-39(41)50(43)40-20-13-15-22-42(40)51;/h10-26,28-32,50-51,64H,1-9H3;/q-1;. The van der Waals surface area contributed by atoms with Gasteiger partial charge in [-0.25, -0.2) is 4.98 Å². The third-order valence-corrected chi connectivity index (χ3v) is 14.3. The number of benzene rings is 7. The van der Waals surface area contributed by atoms with E-state index in [0.29, 0.717) is 5.75 Å². The molecule has 0 spiro atoms. The minimum Gasteiger partial charge on any atom is -0.507 e. The molecule has 3 heterocycles. The van der Waals surface area contributed by atoms with Crippen molar-refractivity contribution < 1.29 is 26.2 Å². The molecule has 0 radical (unpaired) electrons. The summed E-state index contributed by atoms with van der Waals surface area (Å²) in [5, 5.41) is 18.1. The van der Waals surface area contributed by atoms with E-state index in [1.54, 1.807) is 0 Å². The van der Waals surface area contributed by atoms with E-state index in [1.165, 1.54) is 44.5 Å². The molecule has 7 aromatic carbocycles. The summed E-state index contributed by atoms with van der Waals surface area (Å²) < 4.78 is 2.36. The number of rotatable bonds is 2. The number of para-hydroxylation sites is 1. The minimum absolute atomic E-state index is 0. The summed E-state index contributed by atoms with van der Waals surface area (Å²) in [6.07, 6.45) is 1.90. The number of hydrogen-bond donors (Lipinski definition) is 1. The summed E-state index contributed by atoms with van der Waals surface area (Å²) in [6, 6.07) is 50.9. The molecular weight excluding hydrogens is 974 g/mol. The normalized spacial score (nSPS) is 15.7. The first kappa shape index (κ1) is 41.6. The van der Waals surface area contributed by atoms with E-state index in [2.05, 4.69) is 200 Å². The Balaban J connectivity index is 0.00000469. The number of aromatic hydroxyl groups is 1. The van der Waals surface area contributed by atoms with E-state index in [1.807, 2.05) is 6.20 Å². The molecule has 3 aliphatic carbocycles. The molecule has 1 N–H and O–H groups in total. The summed E-state index contributed by atoms with van der Waals surface area (Å²) in [7, 11) is 0. The van der Waals surface area contributed by atoms with Gasteiger partial charge in [-0.05, 0) is 90.2 Å². The molecule has 5 heteroatoms. The Morgan fingerprint density at radius 1 is 0.538 bits per heavy atom. The minimum atomic E-state index is -0.321. The Labute approximate surface area is 395 Å². The fraction of sp³-hybridized carbons (Fsp3) is 0.233. The Morgan fingerprint density at radius 3 is 1.77 bits per heavy atom. The fourth-order valence-corrected chi connectivity index (χ4v) is 11.3. The van der Waals surface area contributed by atoms with Crippen molar-refractivity contribution >= 4 is 49.1 Å². The smallest absolute Gasteiger partial charge is 0.149 e. The van der Waals surface area contributed by atoms with Crippen LogP contribution in [0.15, 0.2) is 134 Å². The van der Waals surface area contributed by atoms with E-state index < -0.39 is 0 Å². The molecule has 0 aliphatic heterocycles. The molecular formula is C60H52N3OPt-. The zero-order chi connectivity index (χ0) is 44.2. The monoisotopic (exact) mass is 1030 g/mol. The average Bonchev–Trinajstić information content (AvgIpc) is 3.67. The SMILES string of the molecule is CC(C)(C)c1cc(-c2nccc3ccccc23)[c-]c(-c2cccc3c2nc2c4c(O)c(C(C)(C)C)cc(C(C)(C)C)c4c4cc5c(cc4n32)C2c3ccccc3C5c3ccccc32)c1.[Pt]. The van der Waals surface area contributed by atoms with Gasteiger partial charge in [0.15, 0.2) is 0 Å². The van der Waals surface area contributed by atoms with Crippen molar-refractivity contribution in [3.8, 4) is 28.1 Å². The molecule has 0 fully saturated rings. The molecule has 0 saturated heterocycles. The molecule has 324 valence electrons. The van der Waals surface area contributed by atoms with Gasteiger partial charge in [-0.3, -0.25) is 9.38 Å². The van der Waals surface area contributed by atoms with E-state index in [0.717, 1.165) is 77.1 Å². The van der Waals surface area contributed by atoms with E-state index in [9.17, 15) is 5.11 Å². The zero-order valence-electron chi connectivity index (χ0n) is 38.5. The molecule has 65 heavy (non-hydrogen) atoms. The number of fused-ring (bicyclic) bond motifs is 9. The van der Waals surface area contributed by atoms with Crippen LogP contribution in [0.3, 0.4) is 0 Å². The third-order valence-electron chi connectivity index (χ3n) is 14.3. The van der Waals surface area contributed by atoms with Gasteiger partial charge in [0.05, 0.1) is 21.9 Å². The number of phenolic OH excluding ortho intramolecular Hbond substituents is 1. The summed E-state index contributed by atoms with van der Waals surface area (Å²) in [6.45, 7) is 20.3. The summed E-state index contributed by atoms with van der Waals surface area (Å²) in [4.78, 5) is 10.7. The van der Waals surface area contributed by atoms with Crippen LogP contribution in [-0.2, 0) is 37.3 Å². The molecule has 0 saturated carbocycles. The van der Waals surface area contributed by atoms with Crippen LogP contribution in [-0.4, -0.2) is 19.5 Å². The maximum Gasteiger partial charge on any atom is 0.149 e. The predicted molar refractivity (Wildman–Crippen MR) is 265 cm³/mol. The molecule has 13 rings (SSSR count). The number of phenols is 1. The van der Waals surface area contributed by atoms with Crippen LogP contribution in [0.4, 0.5) is 0 Å². The average molecular weight is 1030 g/mol. The summed E-state index contributed by atoms with van der Waals surface area (Å²) >= 11 is 0. The van der Waals surface area contributed by atoms with Crippen LogP contribution < -0.4 is 0 Å². The van der Waals surface area contributed by atoms with Gasteiger partial charge in [-0.2, -0.15) is 0 Å². The number of nitrogens with zero attached hydrogens (tertiary/aromatic N) is 3. The molecule has 3 aliphatic rings. The zero-order valence-corrected chi connectivity index (χ0v) is 40.7. The molecule has 0 amide bonds. The van der Waals surface area contributed by atoms with Gasteiger partial charge < -0.3 is 5.11 Å². The van der Waals surface area contributed by atoms with Crippen LogP contribution in [0.25, 0.3) is 71.5 Å². The van der Waals surface area contributed by atoms with E-state index >= 15 is 0 Å². The van der Waals surface area contributed by atoms with Gasteiger partial charge in [0.1, 0.15) is 11.4 Å². The van der Waals surface area contributed by atoms with Gasteiger partial charge in [0.25, 0.3) is 0 Å². The second-order valence-corrected chi connectivity index (χ2v) is 21.5. The first-order valence-corrected chi connectivity index (χ1v) is 22.8. The molecule has 0 atom stereocenters. The number of aromatic nitrogens is 3. The summed E-state index contributed by atoms with van der Waals surface area (Å²) in [5.41, 5.74) is 18.5. The Bertz CT molecular complexity index is 3600. The van der Waals surface area contributed by atoms with Crippen molar-refractivity contribution in [3.05, 3.63) is 190 Å². The third kappa shape index (κ3) is 6.05. The van der Waals surface area contributed by atoms with Crippen molar-refractivity contribution in [1.82, 2.24) is 14.4 Å². The van der Waals surface area contributed by atoms with Crippen molar-refractivity contribution in [3.63, 3.8) is 0 Å². The van der Waals surface area contributed by atoms with Crippen molar-refractivity contribution in [2.45, 2.75) is 90.4 Å². The topological polar surface area (TPSA) is 50.4 Å². The van der Waals surface area contributed by atoms with Crippen LogP contribution in [0.2, 0.25) is 0 Å². The Morgan fingerprint density at radius 2 is 1.14 bits per heavy atom. The second kappa shape index (κ2) is 14.2. The predicted octanol–water partition coefficient (Wildman–Crippen LogP) is 15.1. The molecule has 2 bridgehead atoms. The first-order valence-electron chi connectivity index (χ1n) is 22.8. The molecule has 10 aromatic rings.